The van der Waals surface area contributed by atoms with Crippen molar-refractivity contribution in [3.63, 3.8) is 0 Å². The molecule has 0 aromatic heterocycles. The summed E-state index contributed by atoms with van der Waals surface area (Å²) in [5.41, 5.74) is 0. The van der Waals surface area contributed by atoms with Crippen LogP contribution in [-0.4, -0.2) is 37.2 Å². The molecule has 0 aromatic carbocycles. The van der Waals surface area contributed by atoms with Gasteiger partial charge in [0.15, 0.2) is 6.10 Å². The van der Waals surface area contributed by atoms with Gasteiger partial charge in [0, 0.05) is 19.3 Å². The average Bonchev–Trinajstić information content (AvgIpc) is 3.29. The molecule has 6 nitrogen and oxygen atoms in total. The van der Waals surface area contributed by atoms with Gasteiger partial charge < -0.3 is 14.2 Å². The second kappa shape index (κ2) is 53.5. The third-order valence-electron chi connectivity index (χ3n) is 12.7. The van der Waals surface area contributed by atoms with Gasteiger partial charge in [-0.15, -0.1) is 0 Å². The normalized spacial score (nSPS) is 12.1. The summed E-state index contributed by atoms with van der Waals surface area (Å²) in [6.07, 6.45) is 61.8. The lowest BCUT2D eigenvalue weighted by Crippen LogP contribution is -2.30. The highest BCUT2D eigenvalue weighted by Gasteiger charge is 2.19. The van der Waals surface area contributed by atoms with Crippen molar-refractivity contribution in [2.24, 2.45) is 0 Å². The maximum Gasteiger partial charge on any atom is 0.306 e. The molecule has 0 rings (SSSR count). The Bertz CT molecular complexity index is 1040. The Morgan fingerprint density at radius 3 is 0.859 bits per heavy atom. The van der Waals surface area contributed by atoms with Crippen molar-refractivity contribution in [1.82, 2.24) is 0 Å². The molecular weight excluding hydrogens is 793 g/mol. The standard InChI is InChI=1S/C58H108O6/c1-4-7-10-13-16-19-22-24-25-26-27-28-29-30-31-32-33-34-37-39-42-45-48-51-57(60)63-54-55(53-62-56(59)50-47-44-41-38-35-21-18-15-12-9-6-3)64-58(61)52-49-46-43-40-36-23-20-17-14-11-8-5-2/h15,17-18,20,55H,4-14,16,19,21-54H2,1-3H3/b18-15-,20-17-. The fraction of sp³-hybridized carbons (Fsp3) is 0.879. The van der Waals surface area contributed by atoms with E-state index in [4.69, 9.17) is 14.2 Å². The van der Waals surface area contributed by atoms with E-state index >= 15 is 0 Å². The number of esters is 3. The minimum atomic E-state index is -0.774. The van der Waals surface area contributed by atoms with Crippen LogP contribution in [0.25, 0.3) is 0 Å². The Kier molecular flexibility index (Phi) is 51.7. The lowest BCUT2D eigenvalue weighted by Gasteiger charge is -2.18. The SMILES string of the molecule is CCCC/C=C\CCCCCCCC(=O)OCC(COC(=O)CCCCCCCCCCCCCCCCCCCCCCCCC)OC(=O)CCCCCCC/C=C\CCCCC. The molecule has 0 N–H and O–H groups in total. The van der Waals surface area contributed by atoms with Gasteiger partial charge in [-0.25, -0.2) is 0 Å². The lowest BCUT2D eigenvalue weighted by molar-refractivity contribution is -0.167. The maximum absolute atomic E-state index is 12.8. The van der Waals surface area contributed by atoms with Crippen molar-refractivity contribution in [1.29, 1.82) is 0 Å². The molecule has 0 fully saturated rings. The number of ether oxygens (including phenoxy) is 3. The number of carbonyl (C=O) groups is 3. The first kappa shape index (κ1) is 61.9. The highest BCUT2D eigenvalue weighted by atomic mass is 16.6. The van der Waals surface area contributed by atoms with Crippen LogP contribution in [0.5, 0.6) is 0 Å². The van der Waals surface area contributed by atoms with Crippen molar-refractivity contribution in [2.75, 3.05) is 13.2 Å². The Labute approximate surface area is 398 Å². The smallest absolute Gasteiger partial charge is 0.306 e. The Morgan fingerprint density at radius 1 is 0.297 bits per heavy atom. The zero-order valence-electron chi connectivity index (χ0n) is 43.1. The Hall–Kier alpha value is -2.11. The van der Waals surface area contributed by atoms with Gasteiger partial charge >= 0.3 is 17.9 Å². The van der Waals surface area contributed by atoms with Crippen molar-refractivity contribution < 1.29 is 28.6 Å². The van der Waals surface area contributed by atoms with E-state index in [1.165, 1.54) is 199 Å². The van der Waals surface area contributed by atoms with E-state index in [9.17, 15) is 14.4 Å². The second-order valence-corrected chi connectivity index (χ2v) is 19.2. The van der Waals surface area contributed by atoms with Crippen LogP contribution in [0.2, 0.25) is 0 Å². The molecule has 64 heavy (non-hydrogen) atoms. The summed E-state index contributed by atoms with van der Waals surface area (Å²) in [6.45, 7) is 6.60. The van der Waals surface area contributed by atoms with E-state index in [0.717, 1.165) is 70.6 Å². The van der Waals surface area contributed by atoms with Gasteiger partial charge in [-0.2, -0.15) is 0 Å². The Morgan fingerprint density at radius 2 is 0.531 bits per heavy atom. The molecule has 0 heterocycles. The van der Waals surface area contributed by atoms with E-state index < -0.39 is 6.10 Å². The van der Waals surface area contributed by atoms with Gasteiger partial charge in [-0.3, -0.25) is 14.4 Å². The van der Waals surface area contributed by atoms with Crippen LogP contribution in [0, 0.1) is 0 Å². The molecular formula is C58H108O6. The largest absolute Gasteiger partial charge is 0.462 e. The minimum absolute atomic E-state index is 0.0733. The first-order chi connectivity index (χ1) is 31.5. The highest BCUT2D eigenvalue weighted by molar-refractivity contribution is 5.71. The molecule has 0 amide bonds. The first-order valence-electron chi connectivity index (χ1n) is 28.3. The van der Waals surface area contributed by atoms with Gasteiger partial charge in [-0.1, -0.05) is 251 Å². The van der Waals surface area contributed by atoms with Crippen LogP contribution in [0.15, 0.2) is 24.3 Å². The monoisotopic (exact) mass is 901 g/mol. The third kappa shape index (κ3) is 50.9. The van der Waals surface area contributed by atoms with Gasteiger partial charge in [0.1, 0.15) is 13.2 Å². The van der Waals surface area contributed by atoms with E-state index in [0.29, 0.717) is 19.3 Å². The van der Waals surface area contributed by atoms with Gasteiger partial charge in [0.05, 0.1) is 0 Å². The first-order valence-corrected chi connectivity index (χ1v) is 28.3. The lowest BCUT2D eigenvalue weighted by atomic mass is 10.0. The van der Waals surface area contributed by atoms with Crippen molar-refractivity contribution >= 4 is 17.9 Å². The van der Waals surface area contributed by atoms with Crippen LogP contribution < -0.4 is 0 Å². The van der Waals surface area contributed by atoms with Gasteiger partial charge in [-0.05, 0) is 64.2 Å². The number of hydrogen-bond donors (Lipinski definition) is 0. The summed E-state index contributed by atoms with van der Waals surface area (Å²) in [7, 11) is 0. The predicted octanol–water partition coefficient (Wildman–Crippen LogP) is 18.7. The van der Waals surface area contributed by atoms with Gasteiger partial charge in [0.25, 0.3) is 0 Å². The zero-order valence-corrected chi connectivity index (χ0v) is 43.1. The van der Waals surface area contributed by atoms with E-state index in [1.807, 2.05) is 0 Å². The van der Waals surface area contributed by atoms with Gasteiger partial charge in [0.2, 0.25) is 0 Å². The van der Waals surface area contributed by atoms with Crippen LogP contribution in [0.1, 0.15) is 310 Å². The number of hydrogen-bond acceptors (Lipinski definition) is 6. The molecule has 0 aliphatic carbocycles. The van der Waals surface area contributed by atoms with Crippen molar-refractivity contribution in [3.8, 4) is 0 Å². The fourth-order valence-corrected chi connectivity index (χ4v) is 8.36. The summed E-state index contributed by atoms with van der Waals surface area (Å²) >= 11 is 0. The van der Waals surface area contributed by atoms with E-state index in [1.54, 1.807) is 0 Å². The number of carbonyl (C=O) groups excluding carboxylic acids is 3. The van der Waals surface area contributed by atoms with Crippen LogP contribution >= 0.6 is 0 Å². The predicted molar refractivity (Wildman–Crippen MR) is 275 cm³/mol. The van der Waals surface area contributed by atoms with Crippen LogP contribution in [-0.2, 0) is 28.6 Å². The highest BCUT2D eigenvalue weighted by Crippen LogP contribution is 2.17. The van der Waals surface area contributed by atoms with E-state index in [2.05, 4.69) is 45.1 Å². The van der Waals surface area contributed by atoms with Crippen molar-refractivity contribution in [2.45, 2.75) is 316 Å². The molecule has 6 heteroatoms. The second-order valence-electron chi connectivity index (χ2n) is 19.2. The molecule has 0 aromatic rings. The quantitative estimate of drug-likeness (QED) is 0.0262. The number of allylic oxidation sites excluding steroid dienone is 4. The zero-order chi connectivity index (χ0) is 46.5. The summed E-state index contributed by atoms with van der Waals surface area (Å²) in [5.74, 6) is -0.877. The molecule has 0 aliphatic rings. The molecule has 1 unspecified atom stereocenters. The third-order valence-corrected chi connectivity index (χ3v) is 12.7. The summed E-state index contributed by atoms with van der Waals surface area (Å²) in [6, 6.07) is 0. The van der Waals surface area contributed by atoms with Crippen LogP contribution in [0.4, 0.5) is 0 Å². The molecule has 0 radical (unpaired) electrons. The molecule has 0 saturated carbocycles. The van der Waals surface area contributed by atoms with Crippen molar-refractivity contribution in [3.05, 3.63) is 24.3 Å². The molecule has 0 spiro atoms. The molecule has 376 valence electrons. The molecule has 0 bridgehead atoms. The molecule has 1 atom stereocenters. The Balaban J connectivity index is 4.18. The van der Waals surface area contributed by atoms with E-state index in [-0.39, 0.29) is 31.1 Å². The maximum atomic E-state index is 12.8. The summed E-state index contributed by atoms with van der Waals surface area (Å²) < 4.78 is 16.8. The molecule has 0 aliphatic heterocycles. The fourth-order valence-electron chi connectivity index (χ4n) is 8.36. The summed E-state index contributed by atoms with van der Waals surface area (Å²) in [5, 5.41) is 0. The molecule has 0 saturated heterocycles. The average molecular weight is 901 g/mol. The minimum Gasteiger partial charge on any atom is -0.462 e. The van der Waals surface area contributed by atoms with Crippen LogP contribution in [0.3, 0.4) is 0 Å². The number of unbranched alkanes of at least 4 members (excludes halogenated alkanes) is 37. The summed E-state index contributed by atoms with van der Waals surface area (Å²) in [4.78, 5) is 38.0. The topological polar surface area (TPSA) is 78.9 Å². The number of rotatable bonds is 52.